The Bertz CT molecular complexity index is 2820. The molecule has 0 unspecified atom stereocenters. The first-order valence-corrected chi connectivity index (χ1v) is 33.3. The summed E-state index contributed by atoms with van der Waals surface area (Å²) >= 11 is 0. The van der Waals surface area contributed by atoms with E-state index >= 15 is 0 Å². The van der Waals surface area contributed by atoms with Gasteiger partial charge in [-0.1, -0.05) is 242 Å². The van der Waals surface area contributed by atoms with Gasteiger partial charge in [-0.25, -0.2) is 9.59 Å². The van der Waals surface area contributed by atoms with Gasteiger partial charge in [0.2, 0.25) is 23.6 Å². The standard InChI is InChI=1S/2C23H31NO4.C17H29NO3.C14H25NO3/c1-4-17(2)23(27)18(3)20(13-9-6-10-14-21(24)25)28-22(26)16-15-19-11-7-5-8-12-19;1-4-17(2)23(18(3)20(25)13-9-6-10-14-21(24)26)28-22(27)16-15-19-11-7-5-8-12-19;1-6-12(2)16-13(3)14(20-17(4,5)21-16)10-8-7-9-11-15(18)19;1-4-10(2)14(18)11(3)12(16)8-6-5-7-9-13(15)17/h5-12,14-18,20,23,27H,4,13H2,1-3H3,(H2,24,25);5-12,14-18,20,23,25H,4,13H2,1-3H3,(H2,24,26);7-9,11-14,16H,6,10H2,1-5H3,(H2,18,19);5-7,9-12,14,16,18H,4,8H2,1-3H3,(H2,15,17)/b2*9-6+,14-10-,16-15+;8-7+,11-9-;6-5+,9-7-/t2*17-,18-,20-,23+;12-,13-,14-,16+;10-,11-,12-,14+/m1111/s1. The molecule has 12 N–H and O–H groups in total. The SMILES string of the molecule is CC[C@@H](C)[C@@H]1OC(C)(C)O[C@H](C/C=C/C=C\C(N)=O)[C@H]1C.CC[C@@H](C)[C@H](O)[C@H](C)[C@@H](C/C=C/C=C\C(N)=O)OC(=O)/C=C/c1ccccc1.CC[C@@H](C)[C@H](O)[C@H](C)[C@H](O)C/C=C/C=C\C(N)=O.CC[C@@H](C)[C@H](OC(=O)/C=C/c1ccccc1)[C@H](C)[C@H](O)C/C=C/C=C\C(N)=O. The van der Waals surface area contributed by atoms with Crippen LogP contribution in [-0.2, 0) is 47.7 Å². The van der Waals surface area contributed by atoms with E-state index in [0.29, 0.717) is 31.1 Å². The third-order valence-corrected chi connectivity index (χ3v) is 16.7. The lowest BCUT2D eigenvalue weighted by atomic mass is 9.85. The number of aliphatic hydroxyl groups is 4. The van der Waals surface area contributed by atoms with E-state index in [1.165, 1.54) is 54.7 Å². The maximum atomic E-state index is 12.3. The lowest BCUT2D eigenvalue weighted by molar-refractivity contribution is -0.326. The van der Waals surface area contributed by atoms with E-state index in [1.807, 2.05) is 149 Å². The first-order valence-electron chi connectivity index (χ1n) is 33.3. The van der Waals surface area contributed by atoms with Crippen molar-refractivity contribution in [2.75, 3.05) is 0 Å². The number of amides is 4. The number of carbonyl (C=O) groups is 6. The Kier molecular flexibility index (Phi) is 45.9. The van der Waals surface area contributed by atoms with E-state index in [1.54, 1.807) is 54.7 Å². The Morgan fingerprint density at radius 2 is 0.863 bits per heavy atom. The summed E-state index contributed by atoms with van der Waals surface area (Å²) in [5, 5.41) is 40.9. The third-order valence-electron chi connectivity index (χ3n) is 16.7. The average Bonchev–Trinajstić information content (AvgIpc) is 0.901. The second kappa shape index (κ2) is 49.9. The summed E-state index contributed by atoms with van der Waals surface area (Å²) in [7, 11) is 0. The topological polar surface area (TPSA) is 324 Å². The van der Waals surface area contributed by atoms with Crippen LogP contribution in [0.15, 0.2) is 170 Å². The number of hydrogen-bond donors (Lipinski definition) is 8. The van der Waals surface area contributed by atoms with Crippen molar-refractivity contribution in [1.29, 1.82) is 0 Å². The number of hydrogen-bond acceptors (Lipinski definition) is 14. The maximum absolute atomic E-state index is 12.3. The minimum Gasteiger partial charge on any atom is -0.459 e. The van der Waals surface area contributed by atoms with Gasteiger partial charge < -0.3 is 62.3 Å². The molecule has 18 heteroatoms. The van der Waals surface area contributed by atoms with Crippen molar-refractivity contribution in [2.24, 2.45) is 70.3 Å². The molecule has 16 atom stereocenters. The molecule has 0 spiro atoms. The van der Waals surface area contributed by atoms with E-state index in [0.717, 1.165) is 43.2 Å². The fraction of sp³-hybridized carbons (Fsp3) is 0.506. The first kappa shape index (κ1) is 87.4. The Morgan fingerprint density at radius 1 is 0.484 bits per heavy atom. The number of allylic oxidation sites excluding steroid dienone is 8. The summed E-state index contributed by atoms with van der Waals surface area (Å²) in [6, 6.07) is 19.0. The molecule has 1 saturated heterocycles. The number of carbonyl (C=O) groups excluding carboxylic acids is 6. The molecule has 2 aromatic carbocycles. The normalized spacial score (nSPS) is 20.0. The van der Waals surface area contributed by atoms with Crippen molar-refractivity contribution in [2.45, 2.75) is 203 Å². The van der Waals surface area contributed by atoms with Crippen molar-refractivity contribution in [3.63, 3.8) is 0 Å². The molecule has 0 bridgehead atoms. The van der Waals surface area contributed by atoms with E-state index < -0.39 is 78.0 Å². The molecule has 18 nitrogen and oxygen atoms in total. The van der Waals surface area contributed by atoms with Crippen LogP contribution in [0.2, 0.25) is 0 Å². The van der Waals surface area contributed by atoms with Crippen molar-refractivity contribution in [3.05, 3.63) is 181 Å². The van der Waals surface area contributed by atoms with Crippen LogP contribution < -0.4 is 22.9 Å². The van der Waals surface area contributed by atoms with Crippen LogP contribution in [0.5, 0.6) is 0 Å². The Morgan fingerprint density at radius 3 is 1.26 bits per heavy atom. The highest BCUT2D eigenvalue weighted by atomic mass is 16.7. The van der Waals surface area contributed by atoms with Crippen molar-refractivity contribution in [1.82, 2.24) is 0 Å². The quantitative estimate of drug-likeness (QED) is 0.0179. The lowest BCUT2D eigenvalue weighted by Gasteiger charge is -2.46. The van der Waals surface area contributed by atoms with E-state index in [2.05, 4.69) is 20.8 Å². The molecule has 1 fully saturated rings. The van der Waals surface area contributed by atoms with Crippen LogP contribution in [0.4, 0.5) is 0 Å². The molecule has 1 aliphatic rings. The predicted molar refractivity (Wildman–Crippen MR) is 381 cm³/mol. The predicted octanol–water partition coefficient (Wildman–Crippen LogP) is 11.8. The van der Waals surface area contributed by atoms with Gasteiger partial charge in [0.1, 0.15) is 12.2 Å². The van der Waals surface area contributed by atoms with Crippen LogP contribution in [0.1, 0.15) is 159 Å². The third kappa shape index (κ3) is 39.8. The highest BCUT2D eigenvalue weighted by molar-refractivity contribution is 5.88. The van der Waals surface area contributed by atoms with Crippen molar-refractivity contribution >= 4 is 47.7 Å². The van der Waals surface area contributed by atoms with Gasteiger partial charge in [-0.15, -0.1) is 0 Å². The summed E-state index contributed by atoms with van der Waals surface area (Å²) in [5.74, 6) is -2.87. The number of primary amides is 4. The van der Waals surface area contributed by atoms with Crippen molar-refractivity contribution < 1.29 is 68.1 Å². The Balaban J connectivity index is 0.00000126. The van der Waals surface area contributed by atoms with Crippen LogP contribution in [0, 0.1) is 47.3 Å². The number of esters is 2. The molecule has 4 amide bonds. The highest BCUT2D eigenvalue weighted by Crippen LogP contribution is 2.37. The van der Waals surface area contributed by atoms with Gasteiger partial charge in [-0.05, 0) is 80.1 Å². The van der Waals surface area contributed by atoms with Crippen LogP contribution >= 0.6 is 0 Å². The molecule has 1 aliphatic heterocycles. The zero-order chi connectivity index (χ0) is 72.1. The monoisotopic (exact) mass is 1320 g/mol. The number of benzene rings is 2. The fourth-order valence-corrected chi connectivity index (χ4v) is 9.83. The fourth-order valence-electron chi connectivity index (χ4n) is 9.83. The van der Waals surface area contributed by atoms with Crippen LogP contribution in [-0.4, -0.2) is 111 Å². The molecule has 95 heavy (non-hydrogen) atoms. The summed E-state index contributed by atoms with van der Waals surface area (Å²) < 4.78 is 23.5. The second-order valence-electron chi connectivity index (χ2n) is 24.8. The zero-order valence-electron chi connectivity index (χ0n) is 58.9. The smallest absolute Gasteiger partial charge is 0.331 e. The molecule has 0 radical (unpaired) electrons. The number of aliphatic hydroxyl groups excluding tert-OH is 4. The van der Waals surface area contributed by atoms with E-state index in [9.17, 15) is 49.2 Å². The molecule has 1 heterocycles. The molecular formula is C77H116N4O14. The summed E-state index contributed by atoms with van der Waals surface area (Å²) in [4.78, 5) is 67.0. The molecule has 3 rings (SSSR count). The van der Waals surface area contributed by atoms with Gasteiger partial charge in [0.05, 0.1) is 36.6 Å². The molecule has 0 aliphatic carbocycles. The summed E-state index contributed by atoms with van der Waals surface area (Å²) in [6.07, 6.45) is 34.4. The van der Waals surface area contributed by atoms with Gasteiger partial charge in [-0.2, -0.15) is 0 Å². The lowest BCUT2D eigenvalue weighted by Crippen LogP contribution is -2.52. The highest BCUT2D eigenvalue weighted by Gasteiger charge is 2.42. The first-order chi connectivity index (χ1) is 44.9. The summed E-state index contributed by atoms with van der Waals surface area (Å²) in [6.45, 7) is 28.1. The van der Waals surface area contributed by atoms with Gasteiger partial charge in [-0.3, -0.25) is 19.2 Å². The largest absolute Gasteiger partial charge is 0.459 e. The molecule has 2 aromatic rings. The van der Waals surface area contributed by atoms with Crippen molar-refractivity contribution in [3.8, 4) is 0 Å². The zero-order valence-corrected chi connectivity index (χ0v) is 58.9. The van der Waals surface area contributed by atoms with Gasteiger partial charge in [0.25, 0.3) is 0 Å². The van der Waals surface area contributed by atoms with E-state index in [4.69, 9.17) is 41.9 Å². The maximum Gasteiger partial charge on any atom is 0.331 e. The summed E-state index contributed by atoms with van der Waals surface area (Å²) in [5.41, 5.74) is 21.9. The number of ether oxygens (including phenoxy) is 4. The number of nitrogens with two attached hydrogens (primary N) is 4. The second-order valence-corrected chi connectivity index (χ2v) is 24.8. The van der Waals surface area contributed by atoms with E-state index in [-0.39, 0.29) is 47.7 Å². The van der Waals surface area contributed by atoms with Crippen LogP contribution in [0.25, 0.3) is 12.2 Å². The molecule has 0 aromatic heterocycles. The van der Waals surface area contributed by atoms with Gasteiger partial charge >= 0.3 is 11.9 Å². The van der Waals surface area contributed by atoms with Gasteiger partial charge in [0.15, 0.2) is 5.79 Å². The molecule has 0 saturated carbocycles. The Labute approximate surface area is 567 Å². The van der Waals surface area contributed by atoms with Gasteiger partial charge in [0, 0.05) is 66.5 Å². The molecular weight excluding hydrogens is 1200 g/mol. The van der Waals surface area contributed by atoms with Crippen LogP contribution in [0.3, 0.4) is 0 Å². The minimum atomic E-state index is -0.678. The average molecular weight is 1320 g/mol. The number of rotatable bonds is 36. The molecule has 528 valence electrons. The Hall–Kier alpha value is -7.58. The minimum absolute atomic E-state index is 0.0924.